The Bertz CT molecular complexity index is 212. The Labute approximate surface area is 81.9 Å². The molecule has 0 saturated carbocycles. The second-order valence-electron chi connectivity index (χ2n) is 3.48. The summed E-state index contributed by atoms with van der Waals surface area (Å²) in [5.41, 5.74) is 0. The van der Waals surface area contributed by atoms with Crippen LogP contribution in [0.1, 0.15) is 6.92 Å². The van der Waals surface area contributed by atoms with Gasteiger partial charge in [-0.2, -0.15) is 0 Å². The Balaban J connectivity index is 2.44. The summed E-state index contributed by atoms with van der Waals surface area (Å²) >= 11 is 0. The maximum Gasteiger partial charge on any atom is 0.216 e. The van der Waals surface area contributed by atoms with Crippen LogP contribution in [0.4, 0.5) is 0 Å². The Morgan fingerprint density at radius 1 is 1.36 bits per heavy atom. The minimum atomic E-state index is -0.987. The molecule has 82 valence electrons. The molecule has 2 unspecified atom stereocenters. The molecule has 1 amide bonds. The molecular formula is C8H16N2O4. The summed E-state index contributed by atoms with van der Waals surface area (Å²) in [4.78, 5) is 10.6. The van der Waals surface area contributed by atoms with Crippen LogP contribution in [0.25, 0.3) is 0 Å². The van der Waals surface area contributed by atoms with Gasteiger partial charge in [0.1, 0.15) is 0 Å². The minimum Gasteiger partial charge on any atom is -0.395 e. The van der Waals surface area contributed by atoms with E-state index >= 15 is 0 Å². The number of rotatable bonds is 3. The average molecular weight is 204 g/mol. The van der Waals surface area contributed by atoms with Crippen molar-refractivity contribution in [3.8, 4) is 0 Å². The highest BCUT2D eigenvalue weighted by atomic mass is 16.3. The van der Waals surface area contributed by atoms with Gasteiger partial charge in [0.05, 0.1) is 30.9 Å². The molecule has 4 atom stereocenters. The van der Waals surface area contributed by atoms with Gasteiger partial charge in [-0.25, -0.2) is 0 Å². The number of carbonyl (C=O) groups is 1. The highest BCUT2D eigenvalue weighted by Gasteiger charge is 2.40. The third-order valence-electron chi connectivity index (χ3n) is 2.37. The molecule has 14 heavy (non-hydrogen) atoms. The van der Waals surface area contributed by atoms with Gasteiger partial charge in [0.15, 0.2) is 0 Å². The lowest BCUT2D eigenvalue weighted by molar-refractivity contribution is -0.119. The zero-order valence-corrected chi connectivity index (χ0v) is 7.97. The standard InChI is InChI=1S/C8H16N2O4/c1-4(12)9-2-5-7(13)8(14)6(3-11)10-5/h5-8,10-11,13-14H,2-3H2,1H3,(H,9,12)/t5-,6?,7?,8-/m1/s1. The van der Waals surface area contributed by atoms with Crippen molar-refractivity contribution in [1.82, 2.24) is 10.6 Å². The molecule has 1 heterocycles. The Morgan fingerprint density at radius 3 is 2.36 bits per heavy atom. The van der Waals surface area contributed by atoms with E-state index in [4.69, 9.17) is 5.11 Å². The molecule has 1 rings (SSSR count). The highest BCUT2D eigenvalue weighted by molar-refractivity contribution is 5.72. The van der Waals surface area contributed by atoms with Crippen molar-refractivity contribution in [3.05, 3.63) is 0 Å². The number of hydrogen-bond acceptors (Lipinski definition) is 5. The monoisotopic (exact) mass is 204 g/mol. The molecule has 5 N–H and O–H groups in total. The van der Waals surface area contributed by atoms with E-state index in [9.17, 15) is 15.0 Å². The van der Waals surface area contributed by atoms with Crippen LogP contribution < -0.4 is 10.6 Å². The third kappa shape index (κ3) is 2.42. The van der Waals surface area contributed by atoms with E-state index in [0.717, 1.165) is 0 Å². The summed E-state index contributed by atoms with van der Waals surface area (Å²) < 4.78 is 0. The second kappa shape index (κ2) is 4.70. The first-order chi connectivity index (χ1) is 6.56. The van der Waals surface area contributed by atoms with Gasteiger partial charge in [-0.15, -0.1) is 0 Å². The van der Waals surface area contributed by atoms with Crippen molar-refractivity contribution in [2.45, 2.75) is 31.2 Å². The van der Waals surface area contributed by atoms with Crippen LogP contribution in [0.2, 0.25) is 0 Å². The lowest BCUT2D eigenvalue weighted by atomic mass is 10.1. The topological polar surface area (TPSA) is 102 Å². The SMILES string of the molecule is CC(=O)NC[C@H]1NC(CO)[C@@H](O)C1O. The van der Waals surface area contributed by atoms with E-state index in [1.807, 2.05) is 0 Å². The molecule has 1 aliphatic rings. The minimum absolute atomic E-state index is 0.194. The van der Waals surface area contributed by atoms with Crippen molar-refractivity contribution >= 4 is 5.91 Å². The van der Waals surface area contributed by atoms with Crippen molar-refractivity contribution in [3.63, 3.8) is 0 Å². The summed E-state index contributed by atoms with van der Waals surface area (Å²) in [6, 6.07) is -0.935. The van der Waals surface area contributed by atoms with Crippen molar-refractivity contribution in [2.75, 3.05) is 13.2 Å². The number of hydrogen-bond donors (Lipinski definition) is 5. The molecule has 0 aromatic carbocycles. The van der Waals surface area contributed by atoms with E-state index in [1.54, 1.807) is 0 Å². The maximum absolute atomic E-state index is 10.6. The highest BCUT2D eigenvalue weighted by Crippen LogP contribution is 2.13. The molecular weight excluding hydrogens is 188 g/mol. The number of carbonyl (C=O) groups excluding carboxylic acids is 1. The molecule has 1 aliphatic heterocycles. The molecule has 1 saturated heterocycles. The first-order valence-electron chi connectivity index (χ1n) is 4.53. The normalized spacial score (nSPS) is 37.1. The fraction of sp³-hybridized carbons (Fsp3) is 0.875. The fourth-order valence-corrected chi connectivity index (χ4v) is 1.54. The smallest absolute Gasteiger partial charge is 0.216 e. The van der Waals surface area contributed by atoms with Crippen LogP contribution in [-0.4, -0.2) is 58.7 Å². The first kappa shape index (κ1) is 11.4. The van der Waals surface area contributed by atoms with Crippen molar-refractivity contribution < 1.29 is 20.1 Å². The van der Waals surface area contributed by atoms with Gasteiger partial charge in [0, 0.05) is 13.5 Å². The number of nitrogens with one attached hydrogen (secondary N) is 2. The van der Waals surface area contributed by atoms with Gasteiger partial charge in [-0.05, 0) is 0 Å². The molecule has 0 radical (unpaired) electrons. The summed E-state index contributed by atoms with van der Waals surface area (Å²) in [5.74, 6) is -0.194. The summed E-state index contributed by atoms with van der Waals surface area (Å²) in [6.45, 7) is 1.38. The van der Waals surface area contributed by atoms with Crippen LogP contribution >= 0.6 is 0 Å². The zero-order chi connectivity index (χ0) is 10.7. The summed E-state index contributed by atoms with van der Waals surface area (Å²) in [7, 11) is 0. The lowest BCUT2D eigenvalue weighted by Crippen LogP contribution is -2.43. The van der Waals surface area contributed by atoms with Crippen LogP contribution in [0.3, 0.4) is 0 Å². The van der Waals surface area contributed by atoms with E-state index in [1.165, 1.54) is 6.92 Å². The van der Waals surface area contributed by atoms with E-state index in [-0.39, 0.29) is 19.1 Å². The lowest BCUT2D eigenvalue weighted by Gasteiger charge is -2.15. The predicted molar refractivity (Wildman–Crippen MR) is 48.5 cm³/mol. The van der Waals surface area contributed by atoms with Gasteiger partial charge in [-0.1, -0.05) is 0 Å². The predicted octanol–water partition coefficient (Wildman–Crippen LogP) is -2.82. The van der Waals surface area contributed by atoms with Crippen molar-refractivity contribution in [2.24, 2.45) is 0 Å². The number of aliphatic hydroxyl groups is 3. The molecule has 6 heteroatoms. The molecule has 0 aromatic heterocycles. The van der Waals surface area contributed by atoms with Gasteiger partial charge in [0.25, 0.3) is 0 Å². The van der Waals surface area contributed by atoms with Crippen LogP contribution in [0.15, 0.2) is 0 Å². The maximum atomic E-state index is 10.6. The Morgan fingerprint density at radius 2 is 1.93 bits per heavy atom. The van der Waals surface area contributed by atoms with Crippen LogP contribution in [0.5, 0.6) is 0 Å². The van der Waals surface area contributed by atoms with Crippen LogP contribution in [-0.2, 0) is 4.79 Å². The first-order valence-corrected chi connectivity index (χ1v) is 4.53. The van der Waals surface area contributed by atoms with Gasteiger partial charge in [0.2, 0.25) is 5.91 Å². The number of amides is 1. The molecule has 0 aliphatic carbocycles. The quantitative estimate of drug-likeness (QED) is 0.341. The second-order valence-corrected chi connectivity index (χ2v) is 3.48. The number of aliphatic hydroxyl groups excluding tert-OH is 3. The largest absolute Gasteiger partial charge is 0.395 e. The molecule has 1 fully saturated rings. The van der Waals surface area contributed by atoms with E-state index < -0.39 is 24.3 Å². The van der Waals surface area contributed by atoms with Gasteiger partial charge in [-0.3, -0.25) is 4.79 Å². The zero-order valence-electron chi connectivity index (χ0n) is 7.97. The summed E-state index contributed by atoms with van der Waals surface area (Å²) in [6.07, 6.45) is -1.95. The van der Waals surface area contributed by atoms with E-state index in [0.29, 0.717) is 0 Å². The average Bonchev–Trinajstić information content (AvgIpc) is 2.41. The Kier molecular flexibility index (Phi) is 3.82. The van der Waals surface area contributed by atoms with Gasteiger partial charge >= 0.3 is 0 Å². The molecule has 6 nitrogen and oxygen atoms in total. The molecule has 0 aromatic rings. The Hall–Kier alpha value is -0.690. The van der Waals surface area contributed by atoms with Crippen LogP contribution in [0, 0.1) is 0 Å². The summed E-state index contributed by atoms with van der Waals surface area (Å²) in [5, 5.41) is 33.1. The van der Waals surface area contributed by atoms with E-state index in [2.05, 4.69) is 10.6 Å². The molecule has 0 spiro atoms. The van der Waals surface area contributed by atoms with Crippen molar-refractivity contribution in [1.29, 1.82) is 0 Å². The third-order valence-corrected chi connectivity index (χ3v) is 2.37. The van der Waals surface area contributed by atoms with Gasteiger partial charge < -0.3 is 26.0 Å². The molecule has 0 bridgehead atoms. The fourth-order valence-electron chi connectivity index (χ4n) is 1.54.